The maximum atomic E-state index is 10.9. The molecule has 0 amide bonds. The number of allylic oxidation sites excluding steroid dienone is 1. The van der Waals surface area contributed by atoms with Crippen molar-refractivity contribution in [3.8, 4) is 0 Å². The standard InChI is InChI=1S/C20H18ClN3O3S/c21-16-5-1-14(2-6-16)18-13-22-19(15-3-7-17(8-4-15)24(25)26)28-20(18)23-9-11-27-12-10-23/h1-8,13,19H,9-12H2. The Balaban J connectivity index is 1.66. The number of morpholine rings is 1. The second kappa shape index (κ2) is 8.34. The zero-order chi connectivity index (χ0) is 19.5. The lowest BCUT2D eigenvalue weighted by Gasteiger charge is -2.34. The maximum absolute atomic E-state index is 10.9. The zero-order valence-corrected chi connectivity index (χ0v) is 16.5. The number of thioether (sulfide) groups is 1. The molecule has 6 nitrogen and oxygen atoms in total. The van der Waals surface area contributed by atoms with Gasteiger partial charge < -0.3 is 9.64 Å². The number of benzene rings is 2. The fraction of sp³-hybridized carbons (Fsp3) is 0.250. The van der Waals surface area contributed by atoms with Crippen LogP contribution < -0.4 is 0 Å². The number of hydrogen-bond acceptors (Lipinski definition) is 6. The van der Waals surface area contributed by atoms with Crippen molar-refractivity contribution in [3.05, 3.63) is 79.8 Å². The van der Waals surface area contributed by atoms with Crippen LogP contribution in [0.1, 0.15) is 16.5 Å². The van der Waals surface area contributed by atoms with E-state index in [1.54, 1.807) is 23.9 Å². The Hall–Kier alpha value is -2.35. The van der Waals surface area contributed by atoms with E-state index in [0.717, 1.165) is 34.8 Å². The van der Waals surface area contributed by atoms with Gasteiger partial charge in [-0.2, -0.15) is 0 Å². The summed E-state index contributed by atoms with van der Waals surface area (Å²) in [6.45, 7) is 3.02. The molecule has 28 heavy (non-hydrogen) atoms. The van der Waals surface area contributed by atoms with Crippen molar-refractivity contribution in [3.63, 3.8) is 0 Å². The lowest BCUT2D eigenvalue weighted by Crippen LogP contribution is -2.36. The molecule has 0 radical (unpaired) electrons. The first-order valence-electron chi connectivity index (χ1n) is 8.89. The van der Waals surface area contributed by atoms with Gasteiger partial charge >= 0.3 is 0 Å². The normalized spacial score (nSPS) is 19.8. The highest BCUT2D eigenvalue weighted by Crippen LogP contribution is 2.44. The Morgan fingerprint density at radius 1 is 1.11 bits per heavy atom. The van der Waals surface area contributed by atoms with Gasteiger partial charge in [0.2, 0.25) is 0 Å². The third-order valence-electron chi connectivity index (χ3n) is 4.64. The zero-order valence-electron chi connectivity index (χ0n) is 15.0. The van der Waals surface area contributed by atoms with E-state index < -0.39 is 4.92 Å². The molecular weight excluding hydrogens is 398 g/mol. The van der Waals surface area contributed by atoms with Gasteiger partial charge in [0.05, 0.1) is 23.2 Å². The minimum absolute atomic E-state index is 0.0827. The van der Waals surface area contributed by atoms with E-state index in [2.05, 4.69) is 4.90 Å². The highest BCUT2D eigenvalue weighted by atomic mass is 35.5. The Morgan fingerprint density at radius 3 is 2.43 bits per heavy atom. The molecule has 2 aliphatic rings. The monoisotopic (exact) mass is 415 g/mol. The van der Waals surface area contributed by atoms with Crippen LogP contribution in [-0.2, 0) is 4.74 Å². The second-order valence-electron chi connectivity index (χ2n) is 6.42. The van der Waals surface area contributed by atoms with Gasteiger partial charge in [-0.1, -0.05) is 35.5 Å². The first-order chi connectivity index (χ1) is 13.6. The summed E-state index contributed by atoms with van der Waals surface area (Å²) in [5.74, 6) is 0. The van der Waals surface area contributed by atoms with Gasteiger partial charge in [-0.15, -0.1) is 0 Å². The number of ether oxygens (including phenoxy) is 1. The Kier molecular flexibility index (Phi) is 5.66. The van der Waals surface area contributed by atoms with Crippen LogP contribution in [0.2, 0.25) is 5.02 Å². The van der Waals surface area contributed by atoms with E-state index >= 15 is 0 Å². The number of nitro groups is 1. The number of halogens is 1. The third-order valence-corrected chi connectivity index (χ3v) is 6.21. The van der Waals surface area contributed by atoms with Crippen molar-refractivity contribution in [1.82, 2.24) is 4.90 Å². The van der Waals surface area contributed by atoms with E-state index in [1.165, 1.54) is 12.1 Å². The van der Waals surface area contributed by atoms with Crippen molar-refractivity contribution in [2.45, 2.75) is 5.37 Å². The molecule has 0 bridgehead atoms. The maximum Gasteiger partial charge on any atom is 0.269 e. The summed E-state index contributed by atoms with van der Waals surface area (Å²) >= 11 is 7.71. The lowest BCUT2D eigenvalue weighted by atomic mass is 10.1. The minimum atomic E-state index is -0.390. The molecule has 1 unspecified atom stereocenters. The Labute approximate surface area is 172 Å². The van der Waals surface area contributed by atoms with Gasteiger partial charge in [-0.25, -0.2) is 0 Å². The molecule has 0 aromatic heterocycles. The molecule has 2 aromatic carbocycles. The number of aliphatic imine (C=N–C) groups is 1. The fourth-order valence-electron chi connectivity index (χ4n) is 3.15. The quantitative estimate of drug-likeness (QED) is 0.531. The van der Waals surface area contributed by atoms with Crippen LogP contribution in [0.4, 0.5) is 5.69 Å². The van der Waals surface area contributed by atoms with Crippen LogP contribution in [0.15, 0.2) is 58.6 Å². The van der Waals surface area contributed by atoms with Crippen molar-refractivity contribution in [2.24, 2.45) is 4.99 Å². The van der Waals surface area contributed by atoms with Crippen molar-refractivity contribution < 1.29 is 9.66 Å². The van der Waals surface area contributed by atoms with Gasteiger partial charge in [-0.3, -0.25) is 15.1 Å². The van der Waals surface area contributed by atoms with E-state index in [9.17, 15) is 10.1 Å². The number of nitrogens with zero attached hydrogens (tertiary/aromatic N) is 3. The third kappa shape index (κ3) is 4.06. The van der Waals surface area contributed by atoms with E-state index in [4.69, 9.17) is 21.3 Å². The molecule has 0 aliphatic carbocycles. The van der Waals surface area contributed by atoms with Gasteiger partial charge in [0.1, 0.15) is 5.37 Å². The number of hydrogen-bond donors (Lipinski definition) is 0. The summed E-state index contributed by atoms with van der Waals surface area (Å²) in [6, 6.07) is 14.3. The van der Waals surface area contributed by atoms with Crippen molar-refractivity contribution in [2.75, 3.05) is 26.3 Å². The summed E-state index contributed by atoms with van der Waals surface area (Å²) in [5.41, 5.74) is 3.14. The van der Waals surface area contributed by atoms with Gasteiger partial charge in [-0.05, 0) is 35.4 Å². The van der Waals surface area contributed by atoms with Crippen LogP contribution in [0.5, 0.6) is 0 Å². The summed E-state index contributed by atoms with van der Waals surface area (Å²) in [5, 5.41) is 12.6. The van der Waals surface area contributed by atoms with Crippen LogP contribution in [0.25, 0.3) is 5.57 Å². The van der Waals surface area contributed by atoms with Crippen LogP contribution in [-0.4, -0.2) is 42.3 Å². The van der Waals surface area contributed by atoms with Crippen LogP contribution >= 0.6 is 23.4 Å². The van der Waals surface area contributed by atoms with E-state index in [1.807, 2.05) is 30.5 Å². The number of rotatable bonds is 4. The predicted octanol–water partition coefficient (Wildman–Crippen LogP) is 4.77. The van der Waals surface area contributed by atoms with Crippen molar-refractivity contribution >= 4 is 40.8 Å². The van der Waals surface area contributed by atoms with E-state index in [-0.39, 0.29) is 11.1 Å². The summed E-state index contributed by atoms with van der Waals surface area (Å²) in [4.78, 5) is 17.6. The Bertz CT molecular complexity index is 923. The number of nitro benzene ring substituents is 1. The lowest BCUT2D eigenvalue weighted by molar-refractivity contribution is -0.384. The Morgan fingerprint density at radius 2 is 1.79 bits per heavy atom. The van der Waals surface area contributed by atoms with Crippen molar-refractivity contribution in [1.29, 1.82) is 0 Å². The molecule has 1 fully saturated rings. The summed E-state index contributed by atoms with van der Waals surface area (Å²) < 4.78 is 5.51. The number of non-ortho nitro benzene ring substituents is 1. The molecule has 0 N–H and O–H groups in total. The molecule has 0 saturated carbocycles. The van der Waals surface area contributed by atoms with Crippen LogP contribution in [0, 0.1) is 10.1 Å². The molecule has 144 valence electrons. The largest absolute Gasteiger partial charge is 0.378 e. The molecule has 1 saturated heterocycles. The SMILES string of the molecule is O=[N+]([O-])c1ccc(C2N=CC(c3ccc(Cl)cc3)=C(N3CCOCC3)S2)cc1. The van der Waals surface area contributed by atoms with Crippen LogP contribution in [0.3, 0.4) is 0 Å². The van der Waals surface area contributed by atoms with Gasteiger partial charge in [0.15, 0.2) is 0 Å². The molecule has 8 heteroatoms. The highest BCUT2D eigenvalue weighted by molar-refractivity contribution is 8.03. The first kappa shape index (κ1) is 19.0. The summed E-state index contributed by atoms with van der Waals surface area (Å²) in [7, 11) is 0. The second-order valence-corrected chi connectivity index (χ2v) is 7.93. The average Bonchev–Trinajstić information content (AvgIpc) is 2.75. The summed E-state index contributed by atoms with van der Waals surface area (Å²) in [6.07, 6.45) is 1.90. The molecule has 4 rings (SSSR count). The average molecular weight is 416 g/mol. The minimum Gasteiger partial charge on any atom is -0.378 e. The molecule has 1 atom stereocenters. The fourth-order valence-corrected chi connectivity index (χ4v) is 4.53. The molecule has 2 aliphatic heterocycles. The van der Waals surface area contributed by atoms with Gasteiger partial charge in [0, 0.05) is 42.0 Å². The smallest absolute Gasteiger partial charge is 0.269 e. The first-order valence-corrected chi connectivity index (χ1v) is 10.1. The predicted molar refractivity (Wildman–Crippen MR) is 113 cm³/mol. The van der Waals surface area contributed by atoms with Gasteiger partial charge in [0.25, 0.3) is 5.69 Å². The topological polar surface area (TPSA) is 68.0 Å². The molecule has 2 heterocycles. The molecular formula is C20H18ClN3O3S. The van der Waals surface area contributed by atoms with E-state index in [0.29, 0.717) is 18.2 Å². The molecule has 2 aromatic rings. The highest BCUT2D eigenvalue weighted by Gasteiger charge is 2.26. The molecule has 0 spiro atoms.